The fraction of sp³-hybridized carbons (Fsp3) is 0.217. The predicted octanol–water partition coefficient (Wildman–Crippen LogP) is 4.97. The average Bonchev–Trinajstić information content (AvgIpc) is 2.69. The van der Waals surface area contributed by atoms with E-state index in [4.69, 9.17) is 0 Å². The van der Waals surface area contributed by atoms with E-state index in [1.165, 1.54) is 12.5 Å². The number of ketones is 1. The lowest BCUT2D eigenvalue weighted by molar-refractivity contribution is 0.101. The standard InChI is InChI=1S/C23H24N4O2/c1-15(28)16-7-11-19(12-8-16)24-20-13-14-21(27-26-20)25-22(29)17-5-9-18(10-6-17)23(2,3)4/h5-14H,1-4H3,(H,24,26)(H,25,27,29). The molecule has 3 rings (SSSR count). The van der Waals surface area contributed by atoms with Crippen LogP contribution in [-0.4, -0.2) is 21.9 Å². The summed E-state index contributed by atoms with van der Waals surface area (Å²) in [4.78, 5) is 23.7. The van der Waals surface area contributed by atoms with Gasteiger partial charge in [0.2, 0.25) is 0 Å². The van der Waals surface area contributed by atoms with Crippen LogP contribution < -0.4 is 10.6 Å². The highest BCUT2D eigenvalue weighted by Crippen LogP contribution is 2.22. The molecule has 1 amide bonds. The first-order valence-electron chi connectivity index (χ1n) is 9.36. The largest absolute Gasteiger partial charge is 0.339 e. The van der Waals surface area contributed by atoms with Crippen molar-refractivity contribution in [2.24, 2.45) is 0 Å². The summed E-state index contributed by atoms with van der Waals surface area (Å²) in [5, 5.41) is 14.0. The Labute approximate surface area is 170 Å². The number of nitrogens with one attached hydrogen (secondary N) is 2. The molecule has 29 heavy (non-hydrogen) atoms. The molecule has 0 spiro atoms. The van der Waals surface area contributed by atoms with Gasteiger partial charge in [-0.05, 0) is 66.4 Å². The lowest BCUT2D eigenvalue weighted by atomic mass is 9.87. The van der Waals surface area contributed by atoms with Crippen LogP contribution in [0.25, 0.3) is 0 Å². The van der Waals surface area contributed by atoms with Crippen LogP contribution >= 0.6 is 0 Å². The van der Waals surface area contributed by atoms with E-state index in [1.807, 2.05) is 24.3 Å². The van der Waals surface area contributed by atoms with Crippen LogP contribution in [0.3, 0.4) is 0 Å². The highest BCUT2D eigenvalue weighted by Gasteiger charge is 2.14. The first-order valence-corrected chi connectivity index (χ1v) is 9.36. The van der Waals surface area contributed by atoms with E-state index in [9.17, 15) is 9.59 Å². The summed E-state index contributed by atoms with van der Waals surface area (Å²) in [5.74, 6) is 0.685. The topological polar surface area (TPSA) is 84.0 Å². The number of benzene rings is 2. The number of anilines is 3. The Morgan fingerprint density at radius 1 is 0.759 bits per heavy atom. The zero-order valence-electron chi connectivity index (χ0n) is 17.0. The summed E-state index contributed by atoms with van der Waals surface area (Å²) < 4.78 is 0. The van der Waals surface area contributed by atoms with Crippen molar-refractivity contribution in [3.8, 4) is 0 Å². The van der Waals surface area contributed by atoms with Gasteiger partial charge >= 0.3 is 0 Å². The van der Waals surface area contributed by atoms with Crippen molar-refractivity contribution < 1.29 is 9.59 Å². The number of hydrogen-bond acceptors (Lipinski definition) is 5. The molecule has 0 aliphatic heterocycles. The minimum absolute atomic E-state index is 0.0180. The highest BCUT2D eigenvalue weighted by atomic mass is 16.1. The lowest BCUT2D eigenvalue weighted by Crippen LogP contribution is -2.15. The first kappa shape index (κ1) is 20.2. The summed E-state index contributed by atoms with van der Waals surface area (Å²) in [6.07, 6.45) is 0. The number of hydrogen-bond donors (Lipinski definition) is 2. The number of carbonyl (C=O) groups is 2. The number of carbonyl (C=O) groups excluding carboxylic acids is 2. The van der Waals surface area contributed by atoms with Crippen LogP contribution in [0.15, 0.2) is 60.7 Å². The van der Waals surface area contributed by atoms with Gasteiger partial charge in [-0.25, -0.2) is 0 Å². The zero-order chi connectivity index (χ0) is 21.0. The van der Waals surface area contributed by atoms with Crippen LogP contribution in [0.2, 0.25) is 0 Å². The third kappa shape index (κ3) is 5.25. The Hall–Kier alpha value is -3.54. The Balaban J connectivity index is 1.62. The molecule has 0 radical (unpaired) electrons. The van der Waals surface area contributed by atoms with Gasteiger partial charge in [0.15, 0.2) is 17.4 Å². The molecule has 148 valence electrons. The lowest BCUT2D eigenvalue weighted by Gasteiger charge is -2.19. The second kappa shape index (κ2) is 8.22. The van der Waals surface area contributed by atoms with Crippen molar-refractivity contribution in [1.82, 2.24) is 10.2 Å². The number of amides is 1. The number of nitrogens with zero attached hydrogens (tertiary/aromatic N) is 2. The van der Waals surface area contributed by atoms with Crippen molar-refractivity contribution in [3.05, 3.63) is 77.4 Å². The highest BCUT2D eigenvalue weighted by molar-refractivity contribution is 6.03. The van der Waals surface area contributed by atoms with Crippen LogP contribution in [-0.2, 0) is 5.41 Å². The smallest absolute Gasteiger partial charge is 0.256 e. The van der Waals surface area contributed by atoms with Gasteiger partial charge in [-0.3, -0.25) is 9.59 Å². The summed E-state index contributed by atoms with van der Waals surface area (Å²) >= 11 is 0. The molecule has 0 aliphatic carbocycles. The van der Waals surface area contributed by atoms with Gasteiger partial charge in [0.1, 0.15) is 0 Å². The average molecular weight is 388 g/mol. The third-order valence-corrected chi connectivity index (χ3v) is 4.48. The van der Waals surface area contributed by atoms with Gasteiger partial charge in [-0.2, -0.15) is 0 Å². The second-order valence-corrected chi connectivity index (χ2v) is 7.84. The van der Waals surface area contributed by atoms with E-state index in [0.29, 0.717) is 22.8 Å². The van der Waals surface area contributed by atoms with Gasteiger partial charge in [-0.1, -0.05) is 32.9 Å². The number of rotatable bonds is 5. The normalized spacial score (nSPS) is 11.0. The third-order valence-electron chi connectivity index (χ3n) is 4.48. The second-order valence-electron chi connectivity index (χ2n) is 7.84. The molecule has 0 unspecified atom stereocenters. The van der Waals surface area contributed by atoms with Crippen LogP contribution in [0.1, 0.15) is 54.0 Å². The van der Waals surface area contributed by atoms with Crippen molar-refractivity contribution >= 4 is 29.0 Å². The SMILES string of the molecule is CC(=O)c1ccc(Nc2ccc(NC(=O)c3ccc(C(C)(C)C)cc3)nn2)cc1. The summed E-state index contributed by atoms with van der Waals surface area (Å²) in [5.41, 5.74) is 3.21. The molecule has 2 aromatic carbocycles. The molecule has 0 saturated heterocycles. The van der Waals surface area contributed by atoms with Crippen molar-refractivity contribution in [3.63, 3.8) is 0 Å². The van der Waals surface area contributed by atoms with Crippen molar-refractivity contribution in [2.45, 2.75) is 33.1 Å². The van der Waals surface area contributed by atoms with Gasteiger partial charge in [0, 0.05) is 16.8 Å². The molecule has 0 atom stereocenters. The Kier molecular flexibility index (Phi) is 5.73. The van der Waals surface area contributed by atoms with Crippen LogP contribution in [0.5, 0.6) is 0 Å². The molecular formula is C23H24N4O2. The van der Waals surface area contributed by atoms with Crippen LogP contribution in [0.4, 0.5) is 17.3 Å². The molecule has 1 heterocycles. The maximum Gasteiger partial charge on any atom is 0.256 e. The summed E-state index contributed by atoms with van der Waals surface area (Å²) in [7, 11) is 0. The molecule has 6 heteroatoms. The summed E-state index contributed by atoms with van der Waals surface area (Å²) in [6.45, 7) is 7.92. The first-order chi connectivity index (χ1) is 13.7. The minimum Gasteiger partial charge on any atom is -0.339 e. The van der Waals surface area contributed by atoms with Crippen molar-refractivity contribution in [2.75, 3.05) is 10.6 Å². The van der Waals surface area contributed by atoms with Gasteiger partial charge in [0.25, 0.3) is 5.91 Å². The minimum atomic E-state index is -0.236. The molecule has 0 aliphatic rings. The molecule has 0 fully saturated rings. The van der Waals surface area contributed by atoms with E-state index in [1.54, 1.807) is 36.4 Å². The maximum atomic E-state index is 12.4. The Morgan fingerprint density at radius 2 is 1.31 bits per heavy atom. The number of Topliss-reactive ketones (excluding diaryl/α,β-unsaturated/α-hetero) is 1. The fourth-order valence-electron chi connectivity index (χ4n) is 2.71. The van der Waals surface area contributed by atoms with Crippen molar-refractivity contribution in [1.29, 1.82) is 0 Å². The van der Waals surface area contributed by atoms with Gasteiger partial charge in [0.05, 0.1) is 0 Å². The van der Waals surface area contributed by atoms with Gasteiger partial charge in [-0.15, -0.1) is 10.2 Å². The molecule has 3 aromatic rings. The van der Waals surface area contributed by atoms with E-state index in [2.05, 4.69) is 41.6 Å². The monoisotopic (exact) mass is 388 g/mol. The molecule has 2 N–H and O–H groups in total. The van der Waals surface area contributed by atoms with E-state index in [0.717, 1.165) is 5.69 Å². The van der Waals surface area contributed by atoms with E-state index in [-0.39, 0.29) is 17.1 Å². The molecule has 0 bridgehead atoms. The summed E-state index contributed by atoms with van der Waals surface area (Å²) in [6, 6.07) is 18.1. The Bertz CT molecular complexity index is 1000. The number of aromatic nitrogens is 2. The van der Waals surface area contributed by atoms with Gasteiger partial charge < -0.3 is 10.6 Å². The van der Waals surface area contributed by atoms with E-state index >= 15 is 0 Å². The molecular weight excluding hydrogens is 364 g/mol. The maximum absolute atomic E-state index is 12.4. The molecule has 0 saturated carbocycles. The predicted molar refractivity (Wildman–Crippen MR) is 115 cm³/mol. The van der Waals surface area contributed by atoms with Crippen LogP contribution in [0, 0.1) is 0 Å². The zero-order valence-corrected chi connectivity index (χ0v) is 17.0. The molecule has 6 nitrogen and oxygen atoms in total. The fourth-order valence-corrected chi connectivity index (χ4v) is 2.71. The Morgan fingerprint density at radius 3 is 1.83 bits per heavy atom. The quantitative estimate of drug-likeness (QED) is 0.603. The van der Waals surface area contributed by atoms with E-state index < -0.39 is 0 Å². The molecule has 1 aromatic heterocycles.